The van der Waals surface area contributed by atoms with Crippen molar-refractivity contribution >= 4 is 17.5 Å². The molecule has 1 aliphatic heterocycles. The molecule has 0 bridgehead atoms. The van der Waals surface area contributed by atoms with E-state index in [0.717, 1.165) is 5.69 Å². The first-order chi connectivity index (χ1) is 13.5. The average Bonchev–Trinajstić information content (AvgIpc) is 3.27. The van der Waals surface area contributed by atoms with Gasteiger partial charge in [0, 0.05) is 30.5 Å². The highest BCUT2D eigenvalue weighted by Crippen LogP contribution is 2.27. The number of hydrogen-bond acceptors (Lipinski definition) is 5. The van der Waals surface area contributed by atoms with E-state index >= 15 is 0 Å². The minimum atomic E-state index is -0.299. The number of carbonyl (C=O) groups excluding carboxylic acids is 2. The first-order valence-corrected chi connectivity index (χ1v) is 9.10. The van der Waals surface area contributed by atoms with Crippen molar-refractivity contribution < 1.29 is 14.3 Å². The number of nitrogens with one attached hydrogen (secondary N) is 1. The van der Waals surface area contributed by atoms with E-state index in [9.17, 15) is 9.59 Å². The Morgan fingerprint density at radius 3 is 2.86 bits per heavy atom. The average molecular weight is 379 g/mol. The van der Waals surface area contributed by atoms with Crippen LogP contribution in [0.25, 0.3) is 5.65 Å². The summed E-state index contributed by atoms with van der Waals surface area (Å²) in [5.41, 5.74) is 3.96. The summed E-state index contributed by atoms with van der Waals surface area (Å²) >= 11 is 0. The molecule has 3 aromatic rings. The molecule has 0 radical (unpaired) electrons. The zero-order chi connectivity index (χ0) is 19.8. The van der Waals surface area contributed by atoms with E-state index in [4.69, 9.17) is 4.74 Å². The van der Waals surface area contributed by atoms with Crippen LogP contribution in [0.1, 0.15) is 44.7 Å². The highest BCUT2D eigenvalue weighted by Gasteiger charge is 2.29. The third-order valence-electron chi connectivity index (χ3n) is 4.94. The van der Waals surface area contributed by atoms with E-state index in [1.54, 1.807) is 17.2 Å². The van der Waals surface area contributed by atoms with Crippen LogP contribution < -0.4 is 10.1 Å². The molecule has 3 aromatic heterocycles. The van der Waals surface area contributed by atoms with Gasteiger partial charge in [0.25, 0.3) is 11.8 Å². The largest absolute Gasteiger partial charge is 0.481 e. The molecule has 8 heteroatoms. The van der Waals surface area contributed by atoms with Gasteiger partial charge >= 0.3 is 0 Å². The minimum Gasteiger partial charge on any atom is -0.481 e. The van der Waals surface area contributed by atoms with Crippen LogP contribution in [0.15, 0.2) is 30.5 Å². The maximum atomic E-state index is 12.6. The van der Waals surface area contributed by atoms with Crippen LogP contribution in [-0.4, -0.2) is 44.7 Å². The Hall–Kier alpha value is -3.42. The molecule has 0 saturated carbocycles. The lowest BCUT2D eigenvalue weighted by atomic mass is 10.1. The molecular formula is C20H21N5O3. The second kappa shape index (κ2) is 6.95. The van der Waals surface area contributed by atoms with Gasteiger partial charge in [-0.2, -0.15) is 0 Å². The molecule has 0 saturated heterocycles. The highest BCUT2D eigenvalue weighted by molar-refractivity contribution is 5.98. The number of aromatic nitrogens is 3. The molecule has 8 nitrogen and oxygen atoms in total. The maximum Gasteiger partial charge on any atom is 0.271 e. The Balaban J connectivity index is 1.56. The van der Waals surface area contributed by atoms with Crippen LogP contribution in [0.3, 0.4) is 0 Å². The van der Waals surface area contributed by atoms with Crippen molar-refractivity contribution in [1.29, 1.82) is 0 Å². The third-order valence-corrected chi connectivity index (χ3v) is 4.94. The standard InChI is InChI=1S/C20H21N5O3/c1-4-24-10-15-14(20(24)27)8-13(19(23-15)28-3)9-21-18(26)16-11-25-12(2)6-5-7-17(25)22-16/h5-8,11H,4,9-10H2,1-3H3,(H,21,26). The summed E-state index contributed by atoms with van der Waals surface area (Å²) in [7, 11) is 1.53. The molecule has 0 unspecified atom stereocenters. The number of imidazole rings is 1. The van der Waals surface area contributed by atoms with E-state index in [-0.39, 0.29) is 18.4 Å². The number of nitrogens with zero attached hydrogens (tertiary/aromatic N) is 4. The first kappa shape index (κ1) is 18.0. The zero-order valence-electron chi connectivity index (χ0n) is 16.0. The third kappa shape index (κ3) is 2.96. The number of fused-ring (bicyclic) bond motifs is 2. The predicted molar refractivity (Wildman–Crippen MR) is 102 cm³/mol. The number of hydrogen-bond donors (Lipinski definition) is 1. The van der Waals surface area contributed by atoms with Gasteiger partial charge in [0.2, 0.25) is 5.88 Å². The Morgan fingerprint density at radius 2 is 2.14 bits per heavy atom. The van der Waals surface area contributed by atoms with Crippen LogP contribution in [0.2, 0.25) is 0 Å². The molecular weight excluding hydrogens is 358 g/mol. The number of aryl methyl sites for hydroxylation is 1. The van der Waals surface area contributed by atoms with Crippen LogP contribution in [0.5, 0.6) is 5.88 Å². The van der Waals surface area contributed by atoms with Gasteiger partial charge in [-0.3, -0.25) is 9.59 Å². The molecule has 4 heterocycles. The zero-order valence-corrected chi connectivity index (χ0v) is 16.0. The molecule has 0 aromatic carbocycles. The monoisotopic (exact) mass is 379 g/mol. The van der Waals surface area contributed by atoms with E-state index in [1.165, 1.54) is 7.11 Å². The van der Waals surface area contributed by atoms with E-state index in [2.05, 4.69) is 15.3 Å². The van der Waals surface area contributed by atoms with Crippen molar-refractivity contribution in [3.63, 3.8) is 0 Å². The molecule has 144 valence electrons. The number of carbonyl (C=O) groups is 2. The summed E-state index contributed by atoms with van der Waals surface area (Å²) in [4.78, 5) is 35.5. The smallest absolute Gasteiger partial charge is 0.271 e. The van der Waals surface area contributed by atoms with Crippen molar-refractivity contribution in [3.8, 4) is 5.88 Å². The summed E-state index contributed by atoms with van der Waals surface area (Å²) in [6.07, 6.45) is 1.71. The second-order valence-electron chi connectivity index (χ2n) is 6.67. The fraction of sp³-hybridized carbons (Fsp3) is 0.300. The summed E-state index contributed by atoms with van der Waals surface area (Å²) < 4.78 is 7.23. The van der Waals surface area contributed by atoms with Gasteiger partial charge in [0.1, 0.15) is 11.3 Å². The Labute approximate surface area is 162 Å². The van der Waals surface area contributed by atoms with Crippen molar-refractivity contribution in [2.45, 2.75) is 26.9 Å². The summed E-state index contributed by atoms with van der Waals surface area (Å²) in [5.74, 6) is 0.0684. The molecule has 0 atom stereocenters. The van der Waals surface area contributed by atoms with E-state index in [1.807, 2.05) is 36.4 Å². The number of ether oxygens (including phenoxy) is 1. The van der Waals surface area contributed by atoms with Crippen molar-refractivity contribution in [1.82, 2.24) is 24.6 Å². The lowest BCUT2D eigenvalue weighted by Crippen LogP contribution is -2.24. The summed E-state index contributed by atoms with van der Waals surface area (Å²) in [5, 5.41) is 2.84. The number of amides is 2. The van der Waals surface area contributed by atoms with Crippen molar-refractivity contribution in [3.05, 3.63) is 58.7 Å². The number of methoxy groups -OCH3 is 1. The molecule has 0 aliphatic carbocycles. The van der Waals surface area contributed by atoms with Gasteiger partial charge < -0.3 is 19.4 Å². The molecule has 1 N–H and O–H groups in total. The van der Waals surface area contributed by atoms with Gasteiger partial charge in [-0.15, -0.1) is 0 Å². The molecule has 1 aliphatic rings. The molecule has 0 spiro atoms. The van der Waals surface area contributed by atoms with Gasteiger partial charge in [0.15, 0.2) is 0 Å². The first-order valence-electron chi connectivity index (χ1n) is 9.10. The van der Waals surface area contributed by atoms with Crippen LogP contribution >= 0.6 is 0 Å². The Morgan fingerprint density at radius 1 is 1.32 bits per heavy atom. The molecule has 28 heavy (non-hydrogen) atoms. The maximum absolute atomic E-state index is 12.6. The van der Waals surface area contributed by atoms with Gasteiger partial charge in [0.05, 0.1) is 24.9 Å². The van der Waals surface area contributed by atoms with Gasteiger partial charge in [-0.1, -0.05) is 6.07 Å². The summed E-state index contributed by atoms with van der Waals surface area (Å²) in [6.45, 7) is 5.17. The number of rotatable bonds is 5. The van der Waals surface area contributed by atoms with Crippen molar-refractivity contribution in [2.75, 3.05) is 13.7 Å². The SMILES string of the molecule is CCN1Cc2nc(OC)c(CNC(=O)c3cn4c(C)cccc4n3)cc2C1=O. The normalized spacial score (nSPS) is 13.1. The van der Waals surface area contributed by atoms with E-state index < -0.39 is 0 Å². The van der Waals surface area contributed by atoms with Crippen LogP contribution in [0.4, 0.5) is 0 Å². The fourth-order valence-electron chi connectivity index (χ4n) is 3.39. The van der Waals surface area contributed by atoms with E-state index in [0.29, 0.717) is 47.1 Å². The van der Waals surface area contributed by atoms with Gasteiger partial charge in [-0.25, -0.2) is 9.97 Å². The fourth-order valence-corrected chi connectivity index (χ4v) is 3.39. The topological polar surface area (TPSA) is 88.8 Å². The minimum absolute atomic E-state index is 0.0453. The summed E-state index contributed by atoms with van der Waals surface area (Å²) in [6, 6.07) is 7.46. The Bertz CT molecular complexity index is 1090. The quantitative estimate of drug-likeness (QED) is 0.732. The lowest BCUT2D eigenvalue weighted by Gasteiger charge is -2.10. The molecule has 2 amide bonds. The lowest BCUT2D eigenvalue weighted by molar-refractivity contribution is 0.0786. The molecule has 4 rings (SSSR count). The number of pyridine rings is 2. The molecule has 0 fully saturated rings. The van der Waals surface area contributed by atoms with Gasteiger partial charge in [-0.05, 0) is 32.0 Å². The van der Waals surface area contributed by atoms with Crippen LogP contribution in [-0.2, 0) is 13.1 Å². The predicted octanol–water partition coefficient (Wildman–Crippen LogP) is 1.95. The van der Waals surface area contributed by atoms with Crippen molar-refractivity contribution in [2.24, 2.45) is 0 Å². The Kier molecular flexibility index (Phi) is 4.46. The second-order valence-corrected chi connectivity index (χ2v) is 6.67. The van der Waals surface area contributed by atoms with Crippen LogP contribution in [0, 0.1) is 6.92 Å². The highest BCUT2D eigenvalue weighted by atomic mass is 16.5.